The molecule has 0 aliphatic carbocycles. The molecule has 0 aromatic carbocycles. The van der Waals surface area contributed by atoms with Crippen molar-refractivity contribution in [3.8, 4) is 0 Å². The van der Waals surface area contributed by atoms with Gasteiger partial charge >= 0.3 is 0 Å². The van der Waals surface area contributed by atoms with Crippen molar-refractivity contribution in [1.82, 2.24) is 19.7 Å². The quantitative estimate of drug-likeness (QED) is 0.771. The van der Waals surface area contributed by atoms with Gasteiger partial charge in [0, 0.05) is 44.5 Å². The first-order valence-corrected chi connectivity index (χ1v) is 7.07. The van der Waals surface area contributed by atoms with Gasteiger partial charge in [-0.25, -0.2) is 0 Å². The molecule has 1 amide bonds. The minimum absolute atomic E-state index is 0.00330. The predicted octanol–water partition coefficient (Wildman–Crippen LogP) is 0.950. The first-order chi connectivity index (χ1) is 10.1. The van der Waals surface area contributed by atoms with Crippen LogP contribution in [0, 0.1) is 6.92 Å². The van der Waals surface area contributed by atoms with E-state index in [2.05, 4.69) is 10.4 Å². The average molecular weight is 288 g/mol. The summed E-state index contributed by atoms with van der Waals surface area (Å²) in [5, 5.41) is 7.08. The van der Waals surface area contributed by atoms with E-state index in [0.29, 0.717) is 26.1 Å². The lowest BCUT2D eigenvalue weighted by Gasteiger charge is -2.07. The van der Waals surface area contributed by atoms with Crippen LogP contribution in [0.4, 0.5) is 0 Å². The van der Waals surface area contributed by atoms with Gasteiger partial charge in [0.25, 0.3) is 0 Å². The topological polar surface area (TPSA) is 68.9 Å². The van der Waals surface area contributed by atoms with Gasteiger partial charge in [-0.05, 0) is 25.5 Å². The maximum atomic E-state index is 11.7. The highest BCUT2D eigenvalue weighted by molar-refractivity contribution is 5.75. The minimum atomic E-state index is -0.0159. The Morgan fingerprint density at radius 2 is 2.10 bits per heavy atom. The van der Waals surface area contributed by atoms with E-state index >= 15 is 0 Å². The van der Waals surface area contributed by atoms with Crippen LogP contribution in [0.2, 0.25) is 0 Å². The Morgan fingerprint density at radius 1 is 1.24 bits per heavy atom. The van der Waals surface area contributed by atoms with Crippen molar-refractivity contribution in [2.45, 2.75) is 32.9 Å². The lowest BCUT2D eigenvalue weighted by molar-refractivity contribution is -0.121. The number of aryl methyl sites for hydroxylation is 3. The van der Waals surface area contributed by atoms with E-state index in [4.69, 9.17) is 0 Å². The molecule has 0 aliphatic heterocycles. The van der Waals surface area contributed by atoms with Gasteiger partial charge in [-0.1, -0.05) is 6.07 Å². The molecule has 0 fully saturated rings. The van der Waals surface area contributed by atoms with Gasteiger partial charge in [-0.15, -0.1) is 0 Å². The van der Waals surface area contributed by atoms with Crippen LogP contribution in [-0.4, -0.2) is 26.8 Å². The molecule has 1 N–H and O–H groups in total. The third kappa shape index (κ3) is 4.91. The Hall–Kier alpha value is -2.37. The second kappa shape index (κ2) is 7.42. The lowest BCUT2D eigenvalue weighted by atomic mass is 10.3. The summed E-state index contributed by atoms with van der Waals surface area (Å²) in [6.07, 6.45) is 4.76. The third-order valence-corrected chi connectivity index (χ3v) is 3.14. The Bertz CT molecular complexity index is 645. The van der Waals surface area contributed by atoms with Crippen LogP contribution < -0.4 is 10.9 Å². The molecule has 112 valence electrons. The summed E-state index contributed by atoms with van der Waals surface area (Å²) in [5.41, 5.74) is 0.932. The summed E-state index contributed by atoms with van der Waals surface area (Å²) in [6.45, 7) is 3.68. The zero-order chi connectivity index (χ0) is 15.1. The molecule has 0 spiro atoms. The fourth-order valence-corrected chi connectivity index (χ4v) is 2.01. The molecule has 6 heteroatoms. The molecule has 0 bridgehead atoms. The number of aromatic nitrogens is 3. The number of carbonyl (C=O) groups is 1. The van der Waals surface area contributed by atoms with Gasteiger partial charge in [0.2, 0.25) is 11.5 Å². The molecule has 0 aliphatic rings. The van der Waals surface area contributed by atoms with Crippen LogP contribution in [0.25, 0.3) is 0 Å². The fourth-order valence-electron chi connectivity index (χ4n) is 2.01. The van der Waals surface area contributed by atoms with Gasteiger partial charge in [0.05, 0.1) is 5.69 Å². The Balaban J connectivity index is 1.63. The largest absolute Gasteiger partial charge is 0.356 e. The number of nitrogens with zero attached hydrogens (tertiary/aromatic N) is 3. The molecule has 2 aromatic rings. The van der Waals surface area contributed by atoms with E-state index in [1.54, 1.807) is 21.5 Å². The highest BCUT2D eigenvalue weighted by Crippen LogP contribution is 1.95. The van der Waals surface area contributed by atoms with Crippen molar-refractivity contribution < 1.29 is 4.79 Å². The van der Waals surface area contributed by atoms with Crippen molar-refractivity contribution >= 4 is 5.91 Å². The van der Waals surface area contributed by atoms with Gasteiger partial charge in [-0.3, -0.25) is 14.3 Å². The maximum Gasteiger partial charge on any atom is 0.250 e. The molecule has 0 atom stereocenters. The molecule has 6 nitrogen and oxygen atoms in total. The molecular formula is C15H20N4O2. The number of nitrogens with one attached hydrogen (secondary N) is 1. The van der Waals surface area contributed by atoms with E-state index in [1.165, 1.54) is 6.07 Å². The zero-order valence-corrected chi connectivity index (χ0v) is 12.2. The smallest absolute Gasteiger partial charge is 0.250 e. The maximum absolute atomic E-state index is 11.7. The van der Waals surface area contributed by atoms with Crippen molar-refractivity contribution in [1.29, 1.82) is 0 Å². The summed E-state index contributed by atoms with van der Waals surface area (Å²) < 4.78 is 3.40. The second-order valence-electron chi connectivity index (χ2n) is 4.91. The molecule has 0 saturated heterocycles. The van der Waals surface area contributed by atoms with Crippen LogP contribution in [-0.2, 0) is 17.9 Å². The second-order valence-corrected chi connectivity index (χ2v) is 4.91. The monoisotopic (exact) mass is 288 g/mol. The van der Waals surface area contributed by atoms with Crippen molar-refractivity contribution in [3.63, 3.8) is 0 Å². The summed E-state index contributed by atoms with van der Waals surface area (Å²) in [7, 11) is 0. The van der Waals surface area contributed by atoms with Crippen LogP contribution in [0.3, 0.4) is 0 Å². The van der Waals surface area contributed by atoms with Crippen LogP contribution >= 0.6 is 0 Å². The van der Waals surface area contributed by atoms with Crippen molar-refractivity contribution in [2.24, 2.45) is 0 Å². The number of pyridine rings is 1. The minimum Gasteiger partial charge on any atom is -0.356 e. The zero-order valence-electron chi connectivity index (χ0n) is 12.2. The van der Waals surface area contributed by atoms with Crippen LogP contribution in [0.15, 0.2) is 41.5 Å². The van der Waals surface area contributed by atoms with Crippen LogP contribution in [0.5, 0.6) is 0 Å². The molecule has 0 unspecified atom stereocenters. The number of carbonyl (C=O) groups excluding carboxylic acids is 1. The third-order valence-electron chi connectivity index (χ3n) is 3.14. The molecule has 0 radical (unpaired) electrons. The number of hydrogen-bond acceptors (Lipinski definition) is 3. The standard InChI is InChI=1S/C15H20N4O2/c1-13-6-11-19(17-13)12-7-14(20)16-8-4-10-18-9-3-2-5-15(18)21/h2-3,5-6,9,11H,4,7-8,10,12H2,1H3,(H,16,20). The number of rotatable bonds is 7. The van der Waals surface area contributed by atoms with E-state index in [0.717, 1.165) is 12.1 Å². The number of amides is 1. The van der Waals surface area contributed by atoms with Gasteiger partial charge in [0.15, 0.2) is 0 Å². The van der Waals surface area contributed by atoms with Crippen LogP contribution in [0.1, 0.15) is 18.5 Å². The van der Waals surface area contributed by atoms with Gasteiger partial charge < -0.3 is 9.88 Å². The van der Waals surface area contributed by atoms with E-state index in [-0.39, 0.29) is 11.5 Å². The highest BCUT2D eigenvalue weighted by Gasteiger charge is 2.02. The van der Waals surface area contributed by atoms with Crippen molar-refractivity contribution in [2.75, 3.05) is 6.54 Å². The Kier molecular flexibility index (Phi) is 5.31. The lowest BCUT2D eigenvalue weighted by Crippen LogP contribution is -2.27. The first kappa shape index (κ1) is 15.0. The first-order valence-electron chi connectivity index (χ1n) is 7.07. The van der Waals surface area contributed by atoms with E-state index in [9.17, 15) is 9.59 Å². The normalized spacial score (nSPS) is 10.5. The Labute approximate surface area is 123 Å². The molecule has 2 heterocycles. The summed E-state index contributed by atoms with van der Waals surface area (Å²) in [5.74, 6) is 0.00330. The predicted molar refractivity (Wildman–Crippen MR) is 79.9 cm³/mol. The van der Waals surface area contributed by atoms with E-state index in [1.807, 2.05) is 25.3 Å². The molecule has 2 rings (SSSR count). The van der Waals surface area contributed by atoms with Gasteiger partial charge in [0.1, 0.15) is 0 Å². The number of hydrogen-bond donors (Lipinski definition) is 1. The summed E-state index contributed by atoms with van der Waals surface area (Å²) in [6, 6.07) is 6.99. The molecule has 2 aromatic heterocycles. The fraction of sp³-hybridized carbons (Fsp3) is 0.400. The average Bonchev–Trinajstić information content (AvgIpc) is 2.89. The Morgan fingerprint density at radius 3 is 2.81 bits per heavy atom. The van der Waals surface area contributed by atoms with Crippen molar-refractivity contribution in [3.05, 3.63) is 52.7 Å². The summed E-state index contributed by atoms with van der Waals surface area (Å²) >= 11 is 0. The molecule has 21 heavy (non-hydrogen) atoms. The molecular weight excluding hydrogens is 268 g/mol. The molecule has 0 saturated carbocycles. The summed E-state index contributed by atoms with van der Waals surface area (Å²) in [4.78, 5) is 23.2. The van der Waals surface area contributed by atoms with E-state index < -0.39 is 0 Å². The van der Waals surface area contributed by atoms with Gasteiger partial charge in [-0.2, -0.15) is 5.10 Å². The highest BCUT2D eigenvalue weighted by atomic mass is 16.1. The SMILES string of the molecule is Cc1ccn(CCC(=O)NCCCn2ccccc2=O)n1.